The van der Waals surface area contributed by atoms with Crippen LogP contribution in [0.2, 0.25) is 5.02 Å². The molecule has 0 amide bonds. The lowest BCUT2D eigenvalue weighted by Crippen LogP contribution is -2.14. The molecule has 0 fully saturated rings. The summed E-state index contributed by atoms with van der Waals surface area (Å²) in [6.07, 6.45) is 0. The predicted octanol–water partition coefficient (Wildman–Crippen LogP) is 4.09. The van der Waals surface area contributed by atoms with E-state index in [1.165, 1.54) is 0 Å². The van der Waals surface area contributed by atoms with Gasteiger partial charge < -0.3 is 10.5 Å². The Hall–Kier alpha value is -1.65. The fraction of sp³-hybridized carbons (Fsp3) is 0.200. The molecular weight excluding hydrogens is 292 g/mol. The maximum Gasteiger partial charge on any atom is 0.141 e. The number of nitrogens with two attached hydrogens (primary N) is 1. The Bertz CT molecular complexity index is 686. The molecule has 5 heteroatoms. The van der Waals surface area contributed by atoms with E-state index < -0.39 is 0 Å². The van der Waals surface area contributed by atoms with Gasteiger partial charge in [0.15, 0.2) is 0 Å². The van der Waals surface area contributed by atoms with Gasteiger partial charge in [-0.25, -0.2) is 0 Å². The van der Waals surface area contributed by atoms with Gasteiger partial charge in [0.1, 0.15) is 16.5 Å². The summed E-state index contributed by atoms with van der Waals surface area (Å²) in [5.41, 5.74) is 9.00. The van der Waals surface area contributed by atoms with E-state index >= 15 is 0 Å². The third-order valence-electron chi connectivity index (χ3n) is 2.90. The van der Waals surface area contributed by atoms with Crippen LogP contribution in [-0.4, -0.2) is 9.97 Å². The average molecular weight is 307 g/mol. The van der Waals surface area contributed by atoms with Crippen LogP contribution in [0.4, 0.5) is 0 Å². The first-order valence-corrected chi connectivity index (χ1v) is 6.89. The van der Waals surface area contributed by atoms with Crippen molar-refractivity contribution in [1.29, 1.82) is 0 Å². The largest absolute Gasteiger partial charge is 0.456 e. The first-order valence-electron chi connectivity index (χ1n) is 6.10. The molecule has 3 nitrogen and oxygen atoms in total. The Balaban J connectivity index is 2.50. The number of benzene rings is 1. The van der Waals surface area contributed by atoms with Crippen molar-refractivity contribution < 1.29 is 4.74 Å². The first-order chi connectivity index (χ1) is 9.38. The van der Waals surface area contributed by atoms with Crippen LogP contribution in [0.15, 0.2) is 24.3 Å². The molecule has 1 aromatic carbocycles. The van der Waals surface area contributed by atoms with Gasteiger partial charge in [-0.2, -0.15) is 0 Å². The first kappa shape index (κ1) is 14.8. The molecule has 0 bridgehead atoms. The summed E-state index contributed by atoms with van der Waals surface area (Å²) in [4.78, 5) is 4.64. The molecule has 0 unspecified atom stereocenters. The summed E-state index contributed by atoms with van der Waals surface area (Å²) in [6, 6.07) is 7.28. The molecule has 0 aliphatic carbocycles. The maximum atomic E-state index is 5.95. The molecule has 2 aromatic rings. The van der Waals surface area contributed by atoms with Gasteiger partial charge in [-0.15, -0.1) is 0 Å². The second-order valence-electron chi connectivity index (χ2n) is 4.60. The highest BCUT2D eigenvalue weighted by molar-refractivity contribution is 7.80. The van der Waals surface area contributed by atoms with E-state index in [4.69, 9.17) is 34.3 Å². The van der Waals surface area contributed by atoms with Gasteiger partial charge in [0.25, 0.3) is 0 Å². The van der Waals surface area contributed by atoms with E-state index in [1.807, 2.05) is 39.0 Å². The molecule has 0 saturated carbocycles. The van der Waals surface area contributed by atoms with Crippen LogP contribution < -0.4 is 10.5 Å². The smallest absolute Gasteiger partial charge is 0.141 e. The van der Waals surface area contributed by atoms with Gasteiger partial charge in [-0.05, 0) is 44.5 Å². The zero-order chi connectivity index (χ0) is 14.9. The third kappa shape index (κ3) is 3.08. The SMILES string of the molecule is Cc1cc(Oc2ccc(Cl)cc2C)c(C(N)=S)c(C)n1. The molecular formula is C15H15ClN2OS. The van der Waals surface area contributed by atoms with Gasteiger partial charge in [0.2, 0.25) is 0 Å². The van der Waals surface area contributed by atoms with Crippen LogP contribution in [0.25, 0.3) is 0 Å². The zero-order valence-electron chi connectivity index (χ0n) is 11.5. The van der Waals surface area contributed by atoms with E-state index in [9.17, 15) is 0 Å². The second-order valence-corrected chi connectivity index (χ2v) is 5.47. The molecule has 0 aliphatic heterocycles. The van der Waals surface area contributed by atoms with Crippen molar-refractivity contribution in [2.75, 3.05) is 0 Å². The standard InChI is InChI=1S/C15H15ClN2OS/c1-8-6-11(16)4-5-12(8)19-13-7-9(2)18-10(3)14(13)15(17)20/h4-7H,1-3H3,(H2,17,20). The number of rotatable bonds is 3. The van der Waals surface area contributed by atoms with E-state index in [-0.39, 0.29) is 4.99 Å². The van der Waals surface area contributed by atoms with Crippen LogP contribution in [0.5, 0.6) is 11.5 Å². The van der Waals surface area contributed by atoms with Crippen molar-refractivity contribution in [2.24, 2.45) is 5.73 Å². The Morgan fingerprint density at radius 1 is 1.20 bits per heavy atom. The number of halogens is 1. The third-order valence-corrected chi connectivity index (χ3v) is 3.33. The number of pyridine rings is 1. The van der Waals surface area contributed by atoms with Crippen LogP contribution >= 0.6 is 23.8 Å². The highest BCUT2D eigenvalue weighted by Crippen LogP contribution is 2.31. The normalized spacial score (nSPS) is 10.4. The molecule has 1 aromatic heterocycles. The summed E-state index contributed by atoms with van der Waals surface area (Å²) in [6.45, 7) is 5.70. The van der Waals surface area contributed by atoms with Crippen molar-refractivity contribution in [3.63, 3.8) is 0 Å². The number of hydrogen-bond donors (Lipinski definition) is 1. The van der Waals surface area contributed by atoms with E-state index in [1.54, 1.807) is 6.07 Å². The van der Waals surface area contributed by atoms with Gasteiger partial charge in [0.05, 0.1) is 11.3 Å². The Labute approximate surface area is 128 Å². The minimum atomic E-state index is 0.275. The summed E-state index contributed by atoms with van der Waals surface area (Å²) in [5.74, 6) is 1.34. The Kier molecular flexibility index (Phi) is 4.26. The molecule has 0 radical (unpaired) electrons. The van der Waals surface area contributed by atoms with Crippen molar-refractivity contribution in [2.45, 2.75) is 20.8 Å². The van der Waals surface area contributed by atoms with Crippen molar-refractivity contribution >= 4 is 28.8 Å². The van der Waals surface area contributed by atoms with Crippen molar-refractivity contribution in [1.82, 2.24) is 4.98 Å². The number of aryl methyl sites for hydroxylation is 3. The lowest BCUT2D eigenvalue weighted by molar-refractivity contribution is 0.476. The van der Waals surface area contributed by atoms with Crippen molar-refractivity contribution in [3.05, 3.63) is 51.8 Å². The maximum absolute atomic E-state index is 5.95. The Morgan fingerprint density at radius 3 is 2.50 bits per heavy atom. The molecule has 0 atom stereocenters. The summed E-state index contributed by atoms with van der Waals surface area (Å²) in [7, 11) is 0. The molecule has 0 spiro atoms. The van der Waals surface area contributed by atoms with E-state index in [0.29, 0.717) is 16.3 Å². The van der Waals surface area contributed by atoms with Crippen LogP contribution in [0.3, 0.4) is 0 Å². The molecule has 2 rings (SSSR count). The fourth-order valence-electron chi connectivity index (χ4n) is 2.02. The lowest BCUT2D eigenvalue weighted by atomic mass is 10.1. The lowest BCUT2D eigenvalue weighted by Gasteiger charge is -2.14. The molecule has 20 heavy (non-hydrogen) atoms. The fourth-order valence-corrected chi connectivity index (χ4v) is 2.49. The summed E-state index contributed by atoms with van der Waals surface area (Å²) >= 11 is 11.0. The van der Waals surface area contributed by atoms with E-state index in [2.05, 4.69) is 4.98 Å². The molecule has 0 saturated heterocycles. The number of nitrogens with zero attached hydrogens (tertiary/aromatic N) is 1. The number of aromatic nitrogens is 1. The molecule has 104 valence electrons. The highest BCUT2D eigenvalue weighted by atomic mass is 35.5. The molecule has 1 heterocycles. The van der Waals surface area contributed by atoms with Gasteiger partial charge in [-0.3, -0.25) is 4.98 Å². The average Bonchev–Trinajstić information content (AvgIpc) is 2.31. The number of ether oxygens (including phenoxy) is 1. The van der Waals surface area contributed by atoms with Crippen LogP contribution in [0.1, 0.15) is 22.5 Å². The topological polar surface area (TPSA) is 48.1 Å². The van der Waals surface area contributed by atoms with Crippen LogP contribution in [-0.2, 0) is 0 Å². The highest BCUT2D eigenvalue weighted by Gasteiger charge is 2.14. The van der Waals surface area contributed by atoms with Crippen LogP contribution in [0, 0.1) is 20.8 Å². The Morgan fingerprint density at radius 2 is 1.90 bits per heavy atom. The summed E-state index contributed by atoms with van der Waals surface area (Å²) < 4.78 is 5.95. The second kappa shape index (κ2) is 5.77. The minimum absolute atomic E-state index is 0.275. The minimum Gasteiger partial charge on any atom is -0.456 e. The van der Waals surface area contributed by atoms with E-state index in [0.717, 1.165) is 22.7 Å². The quantitative estimate of drug-likeness (QED) is 0.868. The van der Waals surface area contributed by atoms with Gasteiger partial charge in [-0.1, -0.05) is 23.8 Å². The number of hydrogen-bond acceptors (Lipinski definition) is 3. The summed E-state index contributed by atoms with van der Waals surface area (Å²) in [5, 5.41) is 0.673. The zero-order valence-corrected chi connectivity index (χ0v) is 13.1. The van der Waals surface area contributed by atoms with Gasteiger partial charge >= 0.3 is 0 Å². The molecule has 0 aliphatic rings. The predicted molar refractivity (Wildman–Crippen MR) is 85.9 cm³/mol. The molecule has 2 N–H and O–H groups in total. The monoisotopic (exact) mass is 306 g/mol. The van der Waals surface area contributed by atoms with Gasteiger partial charge in [0, 0.05) is 16.8 Å². The number of thiocarbonyl (C=S) groups is 1. The van der Waals surface area contributed by atoms with Crippen molar-refractivity contribution in [3.8, 4) is 11.5 Å².